The zero-order valence-corrected chi connectivity index (χ0v) is 19.8. The molecule has 4 aromatic carbocycles. The van der Waals surface area contributed by atoms with Crippen LogP contribution in [0, 0.1) is 26.4 Å². The van der Waals surface area contributed by atoms with Crippen LogP contribution in [0.3, 0.4) is 0 Å². The van der Waals surface area contributed by atoms with Crippen LogP contribution >= 0.6 is 0 Å². The maximum atomic E-state index is 15.8. The molecule has 0 fully saturated rings. The van der Waals surface area contributed by atoms with Gasteiger partial charge in [0.15, 0.2) is 6.17 Å². The molecule has 0 bridgehead atoms. The number of hydrogen-bond acceptors (Lipinski definition) is 1. The van der Waals surface area contributed by atoms with Gasteiger partial charge in [0, 0.05) is 31.1 Å². The lowest BCUT2D eigenvalue weighted by Crippen LogP contribution is -2.30. The SMILES string of the molecule is [2H]c1cc(C([2H])([2H])[2H])cc(-c2c(C)ccc3c2oc2c(-c4ccc(-c5ccccc5)cc4C([2H])([2H])[2H])c(F)ccc23)[n+]1C. The summed E-state index contributed by atoms with van der Waals surface area (Å²) in [5.74, 6) is -0.633. The number of rotatable bonds is 3. The highest BCUT2D eigenvalue weighted by Gasteiger charge is 2.23. The molecule has 0 aliphatic rings. The number of aryl methyl sites for hydroxylation is 3. The van der Waals surface area contributed by atoms with Gasteiger partial charge in [-0.3, -0.25) is 0 Å². The number of aromatic nitrogens is 1. The normalized spacial score (nSPS) is 15.0. The van der Waals surface area contributed by atoms with E-state index in [-0.39, 0.29) is 34.0 Å². The van der Waals surface area contributed by atoms with Crippen LogP contribution < -0.4 is 4.57 Å². The Morgan fingerprint density at radius 1 is 0.778 bits per heavy atom. The molecule has 176 valence electrons. The fourth-order valence-electron chi connectivity index (χ4n) is 4.88. The van der Waals surface area contributed by atoms with Gasteiger partial charge in [-0.1, -0.05) is 60.7 Å². The Labute approximate surface area is 220 Å². The Bertz CT molecular complexity index is 2040. The summed E-state index contributed by atoms with van der Waals surface area (Å²) in [4.78, 5) is 0. The average molecular weight is 480 g/mol. The highest BCUT2D eigenvalue weighted by molar-refractivity contribution is 6.13. The molecule has 2 heterocycles. The van der Waals surface area contributed by atoms with Crippen LogP contribution in [0.4, 0.5) is 4.39 Å². The number of nitrogens with zero attached hydrogens (tertiary/aromatic N) is 1. The number of pyridine rings is 1. The van der Waals surface area contributed by atoms with E-state index in [1.807, 2.05) is 49.4 Å². The van der Waals surface area contributed by atoms with Gasteiger partial charge in [-0.15, -0.1) is 0 Å². The topological polar surface area (TPSA) is 17.0 Å². The molecule has 0 spiro atoms. The van der Waals surface area contributed by atoms with Crippen LogP contribution in [-0.4, -0.2) is 0 Å². The summed E-state index contributed by atoms with van der Waals surface area (Å²) in [5, 5.41) is 1.23. The summed E-state index contributed by atoms with van der Waals surface area (Å²) < 4.78 is 80.9. The minimum Gasteiger partial charge on any atom is -0.454 e. The number of furan rings is 1. The summed E-state index contributed by atoms with van der Waals surface area (Å²) in [7, 11) is 1.67. The molecule has 0 aliphatic heterocycles. The number of fused-ring (bicyclic) bond motifs is 3. The van der Waals surface area contributed by atoms with Gasteiger partial charge >= 0.3 is 0 Å². The van der Waals surface area contributed by atoms with E-state index in [0.717, 1.165) is 11.1 Å². The van der Waals surface area contributed by atoms with E-state index in [1.165, 1.54) is 18.2 Å². The highest BCUT2D eigenvalue weighted by Crippen LogP contribution is 2.42. The summed E-state index contributed by atoms with van der Waals surface area (Å²) in [6.07, 6.45) is 0.00342. The molecule has 6 aromatic rings. The van der Waals surface area contributed by atoms with Crippen molar-refractivity contribution in [1.29, 1.82) is 0 Å². The standard InChI is InChI=1S/C33H27FNO/c1-20-16-17-35(4)29(18-20)30-21(2)10-12-26-27-14-15-28(34)31(33(27)36-32(26)30)25-13-11-24(19-22(25)3)23-8-6-5-7-9-23/h5-19H,1-4H3/q+1/i1D3,3D3,17D. The second-order valence-electron chi connectivity index (χ2n) is 8.98. The third-order valence-electron chi connectivity index (χ3n) is 6.69. The summed E-state index contributed by atoms with van der Waals surface area (Å²) in [5.41, 5.74) is 4.13. The molecular weight excluding hydrogens is 445 g/mol. The van der Waals surface area contributed by atoms with Crippen LogP contribution in [0.25, 0.3) is 55.4 Å². The lowest BCUT2D eigenvalue weighted by atomic mass is 9.94. The summed E-state index contributed by atoms with van der Waals surface area (Å²) >= 11 is 0. The van der Waals surface area contributed by atoms with Gasteiger partial charge < -0.3 is 4.42 Å². The second kappa shape index (κ2) is 8.46. The molecule has 0 N–H and O–H groups in total. The first-order chi connectivity index (χ1) is 20.3. The van der Waals surface area contributed by atoms with Crippen molar-refractivity contribution < 1.29 is 23.0 Å². The molecule has 3 heteroatoms. The fourth-order valence-corrected chi connectivity index (χ4v) is 4.88. The van der Waals surface area contributed by atoms with E-state index in [2.05, 4.69) is 0 Å². The van der Waals surface area contributed by atoms with Crippen molar-refractivity contribution in [3.63, 3.8) is 0 Å². The van der Waals surface area contributed by atoms with Crippen LogP contribution in [0.1, 0.15) is 26.3 Å². The molecule has 0 saturated carbocycles. The Hall–Kier alpha value is -4.24. The minimum atomic E-state index is -2.55. The van der Waals surface area contributed by atoms with Gasteiger partial charge in [-0.2, -0.15) is 0 Å². The predicted molar refractivity (Wildman–Crippen MR) is 145 cm³/mol. The van der Waals surface area contributed by atoms with E-state index in [1.54, 1.807) is 35.9 Å². The van der Waals surface area contributed by atoms with Crippen molar-refractivity contribution in [2.45, 2.75) is 20.6 Å². The van der Waals surface area contributed by atoms with Gasteiger partial charge in [-0.25, -0.2) is 8.96 Å². The van der Waals surface area contributed by atoms with Crippen LogP contribution in [0.15, 0.2) is 95.5 Å². The van der Waals surface area contributed by atoms with Crippen molar-refractivity contribution in [2.24, 2.45) is 7.05 Å². The number of benzene rings is 4. The first-order valence-electron chi connectivity index (χ1n) is 15.1. The monoisotopic (exact) mass is 479 g/mol. The lowest BCUT2D eigenvalue weighted by Gasteiger charge is -2.11. The van der Waals surface area contributed by atoms with E-state index in [4.69, 9.17) is 14.0 Å². The van der Waals surface area contributed by atoms with Crippen molar-refractivity contribution in [3.05, 3.63) is 114 Å². The Morgan fingerprint density at radius 3 is 2.33 bits per heavy atom. The number of hydrogen-bond donors (Lipinski definition) is 0. The second-order valence-corrected chi connectivity index (χ2v) is 8.98. The molecule has 0 unspecified atom stereocenters. The zero-order valence-electron chi connectivity index (χ0n) is 26.8. The Morgan fingerprint density at radius 2 is 1.56 bits per heavy atom. The molecule has 0 aliphatic carbocycles. The van der Waals surface area contributed by atoms with Crippen LogP contribution in [0.5, 0.6) is 0 Å². The van der Waals surface area contributed by atoms with Crippen molar-refractivity contribution in [3.8, 4) is 33.5 Å². The van der Waals surface area contributed by atoms with Crippen molar-refractivity contribution in [2.75, 3.05) is 0 Å². The Kier molecular flexibility index (Phi) is 3.69. The van der Waals surface area contributed by atoms with E-state index < -0.39 is 19.5 Å². The average Bonchev–Trinajstić information content (AvgIpc) is 3.32. The van der Waals surface area contributed by atoms with Gasteiger partial charge in [0.05, 0.1) is 11.1 Å². The van der Waals surface area contributed by atoms with Gasteiger partial charge in [-0.05, 0) is 66.1 Å². The molecule has 0 atom stereocenters. The van der Waals surface area contributed by atoms with Crippen molar-refractivity contribution >= 4 is 21.9 Å². The molecule has 2 aromatic heterocycles. The molecule has 6 rings (SSSR count). The summed E-state index contributed by atoms with van der Waals surface area (Å²) in [6, 6.07) is 23.8. The first-order valence-corrected chi connectivity index (χ1v) is 11.6. The Balaban J connectivity index is 1.66. The van der Waals surface area contributed by atoms with Crippen LogP contribution in [-0.2, 0) is 7.05 Å². The maximum Gasteiger partial charge on any atom is 0.216 e. The maximum absolute atomic E-state index is 15.8. The van der Waals surface area contributed by atoms with E-state index in [0.29, 0.717) is 33.2 Å². The number of halogens is 1. The van der Waals surface area contributed by atoms with E-state index in [9.17, 15) is 0 Å². The fraction of sp³-hybridized carbons (Fsp3) is 0.121. The molecule has 0 radical (unpaired) electrons. The molecular formula is C33H27FNO+. The molecule has 0 amide bonds. The lowest BCUT2D eigenvalue weighted by molar-refractivity contribution is -0.660. The third-order valence-corrected chi connectivity index (χ3v) is 6.69. The zero-order chi connectivity index (χ0) is 30.8. The minimum absolute atomic E-state index is 0.00342. The highest BCUT2D eigenvalue weighted by atomic mass is 19.1. The van der Waals surface area contributed by atoms with Crippen LogP contribution in [0.2, 0.25) is 0 Å². The van der Waals surface area contributed by atoms with Crippen molar-refractivity contribution in [1.82, 2.24) is 0 Å². The van der Waals surface area contributed by atoms with Gasteiger partial charge in [0.25, 0.3) is 0 Å². The quantitative estimate of drug-likeness (QED) is 0.233. The summed E-state index contributed by atoms with van der Waals surface area (Å²) in [6.45, 7) is -3.12. The molecule has 2 nitrogen and oxygen atoms in total. The molecule has 0 saturated heterocycles. The van der Waals surface area contributed by atoms with E-state index >= 15 is 4.39 Å². The molecule has 36 heavy (non-hydrogen) atoms. The smallest absolute Gasteiger partial charge is 0.216 e. The predicted octanol–water partition coefficient (Wildman–Crippen LogP) is 8.48. The van der Waals surface area contributed by atoms with Gasteiger partial charge in [0.1, 0.15) is 25.4 Å². The largest absolute Gasteiger partial charge is 0.454 e. The third kappa shape index (κ3) is 3.51. The van der Waals surface area contributed by atoms with Gasteiger partial charge in [0.2, 0.25) is 5.69 Å². The first kappa shape index (κ1) is 15.7.